The van der Waals surface area contributed by atoms with Crippen LogP contribution in [0, 0.1) is 5.82 Å². The van der Waals surface area contributed by atoms with Crippen molar-refractivity contribution in [1.29, 1.82) is 0 Å². The van der Waals surface area contributed by atoms with Crippen molar-refractivity contribution in [2.45, 2.75) is 4.90 Å². The van der Waals surface area contributed by atoms with Crippen LogP contribution in [0.3, 0.4) is 0 Å². The third-order valence-corrected chi connectivity index (χ3v) is 3.98. The average molecular weight is 342 g/mol. The lowest BCUT2D eigenvalue weighted by atomic mass is 10.3. The highest BCUT2D eigenvalue weighted by atomic mass is 79.9. The van der Waals surface area contributed by atoms with Crippen molar-refractivity contribution in [2.24, 2.45) is 0 Å². The van der Waals surface area contributed by atoms with Crippen LogP contribution in [0.4, 0.5) is 10.1 Å². The van der Waals surface area contributed by atoms with Gasteiger partial charge in [0.15, 0.2) is 0 Å². The molecular weight excluding hydrogens is 329 g/mol. The highest BCUT2D eigenvalue weighted by Gasteiger charge is 2.02. The van der Waals surface area contributed by atoms with Gasteiger partial charge in [0.2, 0.25) is 0 Å². The molecule has 0 heterocycles. The summed E-state index contributed by atoms with van der Waals surface area (Å²) in [7, 11) is 0. The molecule has 2 N–H and O–H groups in total. The summed E-state index contributed by atoms with van der Waals surface area (Å²) in [6.07, 6.45) is 0. The summed E-state index contributed by atoms with van der Waals surface area (Å²) in [5.41, 5.74) is 6.19. The molecule has 0 aliphatic carbocycles. The molecule has 19 heavy (non-hydrogen) atoms. The molecule has 2 nitrogen and oxygen atoms in total. The SMILES string of the molecule is Nc1cc(F)ccc1SCCOc1ccc(Br)cc1. The van der Waals surface area contributed by atoms with E-state index in [9.17, 15) is 4.39 Å². The van der Waals surface area contributed by atoms with Crippen molar-refractivity contribution in [1.82, 2.24) is 0 Å². The van der Waals surface area contributed by atoms with E-state index < -0.39 is 0 Å². The maximum Gasteiger partial charge on any atom is 0.125 e. The number of hydrogen-bond acceptors (Lipinski definition) is 3. The van der Waals surface area contributed by atoms with Gasteiger partial charge in [-0.15, -0.1) is 11.8 Å². The van der Waals surface area contributed by atoms with Gasteiger partial charge >= 0.3 is 0 Å². The minimum Gasteiger partial charge on any atom is -0.493 e. The minimum atomic E-state index is -0.312. The zero-order chi connectivity index (χ0) is 13.7. The van der Waals surface area contributed by atoms with Crippen molar-refractivity contribution < 1.29 is 9.13 Å². The first-order valence-corrected chi connectivity index (χ1v) is 7.49. The van der Waals surface area contributed by atoms with E-state index in [1.54, 1.807) is 17.8 Å². The highest BCUT2D eigenvalue weighted by molar-refractivity contribution is 9.10. The van der Waals surface area contributed by atoms with Crippen LogP contribution in [-0.2, 0) is 0 Å². The predicted molar refractivity (Wildman–Crippen MR) is 81.2 cm³/mol. The highest BCUT2D eigenvalue weighted by Crippen LogP contribution is 2.25. The molecule has 100 valence electrons. The van der Waals surface area contributed by atoms with E-state index in [0.717, 1.165) is 20.9 Å². The van der Waals surface area contributed by atoms with Gasteiger partial charge in [-0.1, -0.05) is 15.9 Å². The minimum absolute atomic E-state index is 0.312. The van der Waals surface area contributed by atoms with Gasteiger partial charge in [-0.25, -0.2) is 4.39 Å². The van der Waals surface area contributed by atoms with Crippen LogP contribution in [0.5, 0.6) is 5.75 Å². The Kier molecular flexibility index (Phi) is 5.10. The zero-order valence-corrected chi connectivity index (χ0v) is 12.5. The molecule has 0 atom stereocenters. The lowest BCUT2D eigenvalue weighted by Crippen LogP contribution is -2.00. The van der Waals surface area contributed by atoms with Crippen LogP contribution in [0.1, 0.15) is 0 Å². The number of ether oxygens (including phenoxy) is 1. The quantitative estimate of drug-likeness (QED) is 0.499. The van der Waals surface area contributed by atoms with Crippen LogP contribution in [0.15, 0.2) is 51.8 Å². The van der Waals surface area contributed by atoms with Crippen LogP contribution < -0.4 is 10.5 Å². The fourth-order valence-corrected chi connectivity index (χ4v) is 2.53. The second-order valence-corrected chi connectivity index (χ2v) is 5.89. The first kappa shape index (κ1) is 14.2. The molecule has 0 unspecified atom stereocenters. The van der Waals surface area contributed by atoms with Crippen molar-refractivity contribution in [3.05, 3.63) is 52.8 Å². The number of halogens is 2. The maximum atomic E-state index is 12.9. The molecule has 2 rings (SSSR count). The van der Waals surface area contributed by atoms with Gasteiger partial charge in [0, 0.05) is 20.8 Å². The summed E-state index contributed by atoms with van der Waals surface area (Å²) in [6.45, 7) is 0.573. The van der Waals surface area contributed by atoms with Crippen molar-refractivity contribution in [3.63, 3.8) is 0 Å². The van der Waals surface area contributed by atoms with Crippen molar-refractivity contribution in [3.8, 4) is 5.75 Å². The van der Waals surface area contributed by atoms with Gasteiger partial charge < -0.3 is 10.5 Å². The lowest BCUT2D eigenvalue weighted by Gasteiger charge is -2.07. The molecule has 0 aliphatic rings. The molecule has 5 heteroatoms. The number of thioether (sulfide) groups is 1. The monoisotopic (exact) mass is 341 g/mol. The summed E-state index contributed by atoms with van der Waals surface area (Å²) in [5, 5.41) is 0. The number of rotatable bonds is 5. The molecule has 0 spiro atoms. The van der Waals surface area contributed by atoms with Gasteiger partial charge in [-0.2, -0.15) is 0 Å². The van der Waals surface area contributed by atoms with Crippen LogP contribution in [0.2, 0.25) is 0 Å². The molecule has 0 amide bonds. The molecule has 2 aromatic rings. The Hall–Kier alpha value is -1.20. The summed E-state index contributed by atoms with van der Waals surface area (Å²) >= 11 is 4.92. The van der Waals surface area contributed by atoms with E-state index in [1.165, 1.54) is 12.1 Å². The summed E-state index contributed by atoms with van der Waals surface area (Å²) in [4.78, 5) is 0.876. The molecule has 0 saturated carbocycles. The van der Waals surface area contributed by atoms with Crippen molar-refractivity contribution >= 4 is 33.4 Å². The van der Waals surface area contributed by atoms with Crippen LogP contribution in [-0.4, -0.2) is 12.4 Å². The van der Waals surface area contributed by atoms with E-state index >= 15 is 0 Å². The third-order valence-electron chi connectivity index (χ3n) is 2.40. The molecule has 0 aliphatic heterocycles. The fourth-order valence-electron chi connectivity index (χ4n) is 1.49. The van der Waals surface area contributed by atoms with E-state index in [-0.39, 0.29) is 5.82 Å². The van der Waals surface area contributed by atoms with E-state index in [2.05, 4.69) is 15.9 Å². The van der Waals surface area contributed by atoms with Gasteiger partial charge in [0.25, 0.3) is 0 Å². The van der Waals surface area contributed by atoms with Gasteiger partial charge in [-0.05, 0) is 42.5 Å². The topological polar surface area (TPSA) is 35.2 Å². The average Bonchev–Trinajstić information content (AvgIpc) is 2.39. The number of anilines is 1. The number of nitrogen functional groups attached to an aromatic ring is 1. The second-order valence-electron chi connectivity index (χ2n) is 3.83. The largest absolute Gasteiger partial charge is 0.493 e. The summed E-state index contributed by atoms with van der Waals surface area (Å²) < 4.78 is 19.5. The number of benzene rings is 2. The molecule has 0 saturated heterocycles. The Morgan fingerprint density at radius 1 is 1.16 bits per heavy atom. The Morgan fingerprint density at radius 3 is 2.58 bits per heavy atom. The number of nitrogens with two attached hydrogens (primary N) is 1. The Bertz CT molecular complexity index is 548. The first-order valence-electron chi connectivity index (χ1n) is 5.71. The fraction of sp³-hybridized carbons (Fsp3) is 0.143. The zero-order valence-electron chi connectivity index (χ0n) is 10.1. The third kappa shape index (κ3) is 4.44. The smallest absolute Gasteiger partial charge is 0.125 e. The molecule has 0 fully saturated rings. The summed E-state index contributed by atoms with van der Waals surface area (Å²) in [5.74, 6) is 1.27. The van der Waals surface area contributed by atoms with Gasteiger partial charge in [0.1, 0.15) is 11.6 Å². The summed E-state index contributed by atoms with van der Waals surface area (Å²) in [6, 6.07) is 12.1. The molecule has 0 radical (unpaired) electrons. The maximum absolute atomic E-state index is 12.9. The molecular formula is C14H13BrFNOS. The van der Waals surface area contributed by atoms with Crippen LogP contribution >= 0.6 is 27.7 Å². The van der Waals surface area contributed by atoms with E-state index in [1.807, 2.05) is 24.3 Å². The predicted octanol–water partition coefficient (Wildman–Crippen LogP) is 4.34. The van der Waals surface area contributed by atoms with Gasteiger partial charge in [-0.3, -0.25) is 0 Å². The lowest BCUT2D eigenvalue weighted by molar-refractivity contribution is 0.344. The van der Waals surface area contributed by atoms with Crippen LogP contribution in [0.25, 0.3) is 0 Å². The van der Waals surface area contributed by atoms with E-state index in [4.69, 9.17) is 10.5 Å². The standard InChI is InChI=1S/C14H13BrFNOS/c15-10-1-4-12(5-2-10)18-7-8-19-14-6-3-11(16)9-13(14)17/h1-6,9H,7-8,17H2. The molecule has 0 aromatic heterocycles. The second kappa shape index (κ2) is 6.82. The molecule has 0 bridgehead atoms. The normalized spacial score (nSPS) is 10.4. The number of hydrogen-bond donors (Lipinski definition) is 1. The Balaban J connectivity index is 1.79. The molecule has 2 aromatic carbocycles. The Labute approximate surface area is 124 Å². The first-order chi connectivity index (χ1) is 9.15. The van der Waals surface area contributed by atoms with Crippen molar-refractivity contribution in [2.75, 3.05) is 18.1 Å². The Morgan fingerprint density at radius 2 is 1.89 bits per heavy atom. The van der Waals surface area contributed by atoms with Gasteiger partial charge in [0.05, 0.1) is 6.61 Å². The van der Waals surface area contributed by atoms with E-state index in [0.29, 0.717) is 12.3 Å².